The van der Waals surface area contributed by atoms with Crippen molar-refractivity contribution in [1.29, 1.82) is 0 Å². The van der Waals surface area contributed by atoms with E-state index in [1.165, 1.54) is 99.4 Å². The molecule has 1 heterocycles. The number of hydrogen-bond donors (Lipinski definition) is 0. The molecule has 388 valence electrons. The third-order valence-corrected chi connectivity index (χ3v) is 17.1. The van der Waals surface area contributed by atoms with Crippen LogP contribution in [-0.4, -0.2) is 4.57 Å². The van der Waals surface area contributed by atoms with E-state index in [1.54, 1.807) is 0 Å². The molecule has 0 bridgehead atoms. The molecule has 2 nitrogen and oxygen atoms in total. The van der Waals surface area contributed by atoms with E-state index in [1.807, 2.05) is 0 Å². The van der Waals surface area contributed by atoms with Gasteiger partial charge in [0.2, 0.25) is 0 Å². The standard InChI is InChI=1S/C78H66N2/c1-5-21-69(59-25-8-6-9-26-59)56(4)54(2)22-12-13-24-57-36-45-65(46-37-57)79(66-50-43-64(44-51-66)78(63-27-10-7-11-28-63)73-32-17-14-31-72(73)77-55(3)23-20-33-74(77)78)68-49-42-61-52-60(38-39-62(61)53-68)58-40-47-67(48-41-58)80-75-34-18-15-29-70(75)71-30-16-19-35-76(71)80/h6-21,25-55H,4-5,22-24H2,1-3H3/b13-12-,69-21+. The molecule has 0 saturated carbocycles. The molecule has 2 aliphatic rings. The Labute approximate surface area is 472 Å². The summed E-state index contributed by atoms with van der Waals surface area (Å²) in [7, 11) is 0. The van der Waals surface area contributed by atoms with Crippen molar-refractivity contribution < 1.29 is 0 Å². The third-order valence-electron chi connectivity index (χ3n) is 17.1. The van der Waals surface area contributed by atoms with E-state index < -0.39 is 5.41 Å². The summed E-state index contributed by atoms with van der Waals surface area (Å²) in [6.45, 7) is 11.5. The van der Waals surface area contributed by atoms with Crippen molar-refractivity contribution in [3.63, 3.8) is 0 Å². The van der Waals surface area contributed by atoms with Crippen LogP contribution in [0, 0.1) is 11.8 Å². The number of anilines is 3. The Kier molecular flexibility index (Phi) is 13.5. The van der Waals surface area contributed by atoms with Crippen molar-refractivity contribution in [2.75, 3.05) is 4.90 Å². The van der Waals surface area contributed by atoms with Crippen LogP contribution in [0.2, 0.25) is 0 Å². The lowest BCUT2D eigenvalue weighted by molar-refractivity contribution is 0.717. The van der Waals surface area contributed by atoms with E-state index in [-0.39, 0.29) is 0 Å². The van der Waals surface area contributed by atoms with Crippen LogP contribution in [0.3, 0.4) is 0 Å². The lowest BCUT2D eigenvalue weighted by Crippen LogP contribution is -2.30. The fraction of sp³-hybridized carbons (Fsp3) is 0.128. The minimum Gasteiger partial charge on any atom is -0.310 e. The molecule has 0 amide bonds. The minimum atomic E-state index is -0.440. The van der Waals surface area contributed by atoms with Crippen LogP contribution >= 0.6 is 0 Å². The molecule has 3 atom stereocenters. The SMILES string of the molecule is C=C(/C(=C\CC)c1ccccc1)C(C)C/C=C\Cc1ccc(N(c2ccc(C3(c4ccccc4)C4=C(c5ccccc53)C(C)CC=C4)cc2)c2ccc3cc(-c4ccc(-n5c6ccccc6c6ccccc65)cc4)ccc3c2)cc1. The summed E-state index contributed by atoms with van der Waals surface area (Å²) in [5, 5.41) is 4.94. The highest BCUT2D eigenvalue weighted by Gasteiger charge is 2.48. The first kappa shape index (κ1) is 50.3. The van der Waals surface area contributed by atoms with Gasteiger partial charge >= 0.3 is 0 Å². The van der Waals surface area contributed by atoms with E-state index >= 15 is 0 Å². The van der Waals surface area contributed by atoms with Gasteiger partial charge in [-0.15, -0.1) is 0 Å². The number of para-hydroxylation sites is 2. The molecule has 2 heteroatoms. The van der Waals surface area contributed by atoms with Crippen LogP contribution in [0.1, 0.15) is 73.4 Å². The second-order valence-electron chi connectivity index (χ2n) is 22.0. The van der Waals surface area contributed by atoms with Gasteiger partial charge in [0, 0.05) is 33.5 Å². The van der Waals surface area contributed by atoms with E-state index in [0.29, 0.717) is 11.8 Å². The van der Waals surface area contributed by atoms with Crippen LogP contribution in [0.5, 0.6) is 0 Å². The molecule has 80 heavy (non-hydrogen) atoms. The van der Waals surface area contributed by atoms with Crippen molar-refractivity contribution in [1.82, 2.24) is 4.57 Å². The van der Waals surface area contributed by atoms with Crippen LogP contribution < -0.4 is 4.90 Å². The molecule has 0 fully saturated rings. The quantitative estimate of drug-likeness (QED) is 0.0734. The fourth-order valence-corrected chi connectivity index (χ4v) is 13.1. The topological polar surface area (TPSA) is 8.17 Å². The second-order valence-corrected chi connectivity index (χ2v) is 22.0. The molecule has 1 aromatic heterocycles. The number of allylic oxidation sites excluding steroid dienone is 9. The molecule has 13 rings (SSSR count). The largest absolute Gasteiger partial charge is 0.310 e. The molecule has 11 aromatic rings. The van der Waals surface area contributed by atoms with Gasteiger partial charge in [0.25, 0.3) is 0 Å². The highest BCUT2D eigenvalue weighted by atomic mass is 15.1. The molecule has 10 aromatic carbocycles. The number of nitrogens with zero attached hydrogens (tertiary/aromatic N) is 2. The highest BCUT2D eigenvalue weighted by Crippen LogP contribution is 2.58. The maximum absolute atomic E-state index is 4.58. The van der Waals surface area contributed by atoms with E-state index in [9.17, 15) is 0 Å². The van der Waals surface area contributed by atoms with Gasteiger partial charge in [0.05, 0.1) is 16.4 Å². The number of rotatable bonds is 15. The minimum absolute atomic E-state index is 0.331. The first-order chi connectivity index (χ1) is 39.4. The highest BCUT2D eigenvalue weighted by molar-refractivity contribution is 6.09. The first-order valence-electron chi connectivity index (χ1n) is 28.7. The predicted molar refractivity (Wildman–Crippen MR) is 341 cm³/mol. The van der Waals surface area contributed by atoms with Gasteiger partial charge in [-0.1, -0.05) is 234 Å². The molecule has 0 spiro atoms. The zero-order valence-electron chi connectivity index (χ0n) is 46.1. The normalized spacial score (nSPS) is 16.4. The maximum atomic E-state index is 4.58. The summed E-state index contributed by atoms with van der Waals surface area (Å²) < 4.78 is 2.38. The lowest BCUT2D eigenvalue weighted by Gasteiger charge is -2.36. The monoisotopic (exact) mass is 1030 g/mol. The number of fused-ring (bicyclic) bond motifs is 6. The van der Waals surface area contributed by atoms with Crippen LogP contribution in [0.25, 0.3) is 60.5 Å². The molecule has 0 aliphatic heterocycles. The van der Waals surface area contributed by atoms with Gasteiger partial charge in [0.15, 0.2) is 0 Å². The number of benzene rings is 10. The zero-order valence-corrected chi connectivity index (χ0v) is 46.1. The van der Waals surface area contributed by atoms with Crippen molar-refractivity contribution in [2.24, 2.45) is 11.8 Å². The summed E-state index contributed by atoms with van der Waals surface area (Å²) in [5.74, 6) is 0.763. The molecule has 0 saturated heterocycles. The molecular formula is C78H66N2. The van der Waals surface area contributed by atoms with Crippen molar-refractivity contribution in [3.8, 4) is 16.8 Å². The maximum Gasteiger partial charge on any atom is 0.0710 e. The average Bonchev–Trinajstić information content (AvgIpc) is 4.25. The van der Waals surface area contributed by atoms with Gasteiger partial charge < -0.3 is 9.47 Å². The Morgan fingerprint density at radius 1 is 0.600 bits per heavy atom. The van der Waals surface area contributed by atoms with Gasteiger partial charge in [-0.25, -0.2) is 0 Å². The Morgan fingerprint density at radius 3 is 1.90 bits per heavy atom. The van der Waals surface area contributed by atoms with Gasteiger partial charge in [-0.05, 0) is 182 Å². The predicted octanol–water partition coefficient (Wildman–Crippen LogP) is 20.9. The summed E-state index contributed by atoms with van der Waals surface area (Å²) in [4.78, 5) is 2.43. The summed E-state index contributed by atoms with van der Waals surface area (Å²) in [6.07, 6.45) is 15.6. The smallest absolute Gasteiger partial charge is 0.0710 e. The Morgan fingerprint density at radius 2 is 1.19 bits per heavy atom. The Bertz CT molecular complexity index is 4150. The van der Waals surface area contributed by atoms with Gasteiger partial charge in [0.1, 0.15) is 0 Å². The number of hydrogen-bond acceptors (Lipinski definition) is 1. The molecule has 3 unspecified atom stereocenters. The van der Waals surface area contributed by atoms with Crippen molar-refractivity contribution >= 4 is 60.8 Å². The molecular weight excluding hydrogens is 965 g/mol. The van der Waals surface area contributed by atoms with Crippen LogP contribution in [-0.2, 0) is 11.8 Å². The van der Waals surface area contributed by atoms with Gasteiger partial charge in [-0.2, -0.15) is 0 Å². The summed E-state index contributed by atoms with van der Waals surface area (Å²) >= 11 is 0. The Balaban J connectivity index is 0.830. The van der Waals surface area contributed by atoms with Crippen LogP contribution in [0.15, 0.2) is 291 Å². The second kappa shape index (κ2) is 21.5. The molecule has 0 radical (unpaired) electrons. The van der Waals surface area contributed by atoms with E-state index in [4.69, 9.17) is 0 Å². The average molecular weight is 1030 g/mol. The van der Waals surface area contributed by atoms with Crippen molar-refractivity contribution in [2.45, 2.75) is 51.9 Å². The van der Waals surface area contributed by atoms with E-state index in [0.717, 1.165) is 48.4 Å². The van der Waals surface area contributed by atoms with Gasteiger partial charge in [-0.3, -0.25) is 0 Å². The first-order valence-corrected chi connectivity index (χ1v) is 28.7. The summed E-state index contributed by atoms with van der Waals surface area (Å²) in [6, 6.07) is 89.9. The fourth-order valence-electron chi connectivity index (χ4n) is 13.1. The van der Waals surface area contributed by atoms with E-state index in [2.05, 4.69) is 310 Å². The lowest BCUT2D eigenvalue weighted by atomic mass is 9.66. The zero-order chi connectivity index (χ0) is 54.2. The summed E-state index contributed by atoms with van der Waals surface area (Å²) in [5.41, 5.74) is 22.0. The molecule has 2 aliphatic carbocycles. The molecule has 0 N–H and O–H groups in total. The van der Waals surface area contributed by atoms with Crippen molar-refractivity contribution in [3.05, 3.63) is 324 Å². The Hall–Kier alpha value is -9.24. The third kappa shape index (κ3) is 8.96. The number of aromatic nitrogens is 1. The van der Waals surface area contributed by atoms with Crippen LogP contribution in [0.4, 0.5) is 17.1 Å².